The Morgan fingerprint density at radius 1 is 1.19 bits per heavy atom. The van der Waals surface area contributed by atoms with E-state index < -0.39 is 10.0 Å². The molecule has 3 rings (SSSR count). The van der Waals surface area contributed by atoms with Crippen LogP contribution >= 0.6 is 11.6 Å². The minimum absolute atomic E-state index is 0.0856. The van der Waals surface area contributed by atoms with Crippen molar-refractivity contribution in [1.29, 1.82) is 0 Å². The summed E-state index contributed by atoms with van der Waals surface area (Å²) in [6, 6.07) is 10.4. The molecule has 0 radical (unpaired) electrons. The molecule has 0 unspecified atom stereocenters. The van der Waals surface area contributed by atoms with Crippen molar-refractivity contribution < 1.29 is 17.6 Å². The van der Waals surface area contributed by atoms with E-state index in [0.717, 1.165) is 11.3 Å². The Kier molecular flexibility index (Phi) is 3.93. The highest BCUT2D eigenvalue weighted by Crippen LogP contribution is 2.27. The molecule has 1 aliphatic rings. The lowest BCUT2D eigenvalue weighted by Crippen LogP contribution is -2.32. The van der Waals surface area contributed by atoms with Gasteiger partial charge in [0.2, 0.25) is 5.09 Å². The second-order valence-corrected chi connectivity index (χ2v) is 6.79. The lowest BCUT2D eigenvalue weighted by atomic mass is 10.2. The lowest BCUT2D eigenvalue weighted by molar-refractivity contribution is 0.289. The number of halogens is 1. The van der Waals surface area contributed by atoms with Gasteiger partial charge in [-0.1, -0.05) is 18.2 Å². The summed E-state index contributed by atoms with van der Waals surface area (Å²) in [4.78, 5) is 0. The van der Waals surface area contributed by atoms with E-state index in [4.69, 9.17) is 20.8 Å². The van der Waals surface area contributed by atoms with Crippen LogP contribution in [-0.4, -0.2) is 25.9 Å². The van der Waals surface area contributed by atoms with Gasteiger partial charge in [-0.25, -0.2) is 8.42 Å². The SMILES string of the molecule is O=S(=O)(c1ccc(CCl)o1)N1CCOc2ccccc2C1. The normalized spacial score (nSPS) is 16.0. The van der Waals surface area contributed by atoms with Crippen molar-refractivity contribution >= 4 is 21.6 Å². The number of hydrogen-bond donors (Lipinski definition) is 0. The van der Waals surface area contributed by atoms with Crippen LogP contribution in [0.5, 0.6) is 5.75 Å². The van der Waals surface area contributed by atoms with Crippen molar-refractivity contribution in [2.24, 2.45) is 0 Å². The number of alkyl halides is 1. The first-order valence-corrected chi connectivity index (χ1v) is 8.44. The number of rotatable bonds is 3. The molecular weight excluding hydrogens is 314 g/mol. The number of ether oxygens (including phenoxy) is 1. The molecule has 0 spiro atoms. The lowest BCUT2D eigenvalue weighted by Gasteiger charge is -2.17. The zero-order valence-electron chi connectivity index (χ0n) is 11.2. The summed E-state index contributed by atoms with van der Waals surface area (Å²) in [6.07, 6.45) is 0. The van der Waals surface area contributed by atoms with Gasteiger partial charge in [0.1, 0.15) is 18.1 Å². The number of benzene rings is 1. The molecular formula is C14H14ClNO4S. The average molecular weight is 328 g/mol. The fourth-order valence-electron chi connectivity index (χ4n) is 2.20. The highest BCUT2D eigenvalue weighted by molar-refractivity contribution is 7.89. The fourth-order valence-corrected chi connectivity index (χ4v) is 3.68. The van der Waals surface area contributed by atoms with Crippen LogP contribution < -0.4 is 4.74 Å². The molecule has 21 heavy (non-hydrogen) atoms. The van der Waals surface area contributed by atoms with Crippen molar-refractivity contribution in [2.45, 2.75) is 17.5 Å². The number of fused-ring (bicyclic) bond motifs is 1. The largest absolute Gasteiger partial charge is 0.492 e. The van der Waals surface area contributed by atoms with Crippen LogP contribution in [0.4, 0.5) is 0 Å². The average Bonchev–Trinajstić information content (AvgIpc) is 2.87. The first-order valence-electron chi connectivity index (χ1n) is 6.47. The molecule has 0 fully saturated rings. The minimum atomic E-state index is -3.69. The highest BCUT2D eigenvalue weighted by atomic mass is 35.5. The number of furan rings is 1. The Labute approximate surface area is 128 Å². The van der Waals surface area contributed by atoms with E-state index in [1.54, 1.807) is 6.07 Å². The van der Waals surface area contributed by atoms with Crippen molar-refractivity contribution in [1.82, 2.24) is 4.31 Å². The molecule has 5 nitrogen and oxygen atoms in total. The summed E-state index contributed by atoms with van der Waals surface area (Å²) in [5.41, 5.74) is 0.836. The van der Waals surface area contributed by atoms with Gasteiger partial charge in [0.25, 0.3) is 10.0 Å². The van der Waals surface area contributed by atoms with Crippen molar-refractivity contribution in [2.75, 3.05) is 13.2 Å². The molecule has 7 heteroatoms. The van der Waals surface area contributed by atoms with Gasteiger partial charge in [0.05, 0.1) is 5.88 Å². The third-order valence-electron chi connectivity index (χ3n) is 3.28. The van der Waals surface area contributed by atoms with Gasteiger partial charge in [0, 0.05) is 18.7 Å². The quantitative estimate of drug-likeness (QED) is 0.813. The Morgan fingerprint density at radius 2 is 2.00 bits per heavy atom. The second-order valence-electron chi connectivity index (χ2n) is 4.65. The number of hydrogen-bond acceptors (Lipinski definition) is 4. The molecule has 0 saturated carbocycles. The third-order valence-corrected chi connectivity index (χ3v) is 5.26. The molecule has 1 aliphatic heterocycles. The van der Waals surface area contributed by atoms with E-state index in [0.29, 0.717) is 12.4 Å². The van der Waals surface area contributed by atoms with E-state index in [2.05, 4.69) is 0 Å². The van der Waals surface area contributed by atoms with E-state index in [1.165, 1.54) is 10.4 Å². The second kappa shape index (κ2) is 5.71. The molecule has 1 aromatic heterocycles. The summed E-state index contributed by atoms with van der Waals surface area (Å²) >= 11 is 5.65. The zero-order chi connectivity index (χ0) is 14.9. The summed E-state index contributed by atoms with van der Waals surface area (Å²) in [6.45, 7) is 0.836. The number of nitrogens with zero attached hydrogens (tertiary/aromatic N) is 1. The monoisotopic (exact) mass is 327 g/mol. The van der Waals surface area contributed by atoms with Crippen LogP contribution in [-0.2, 0) is 22.4 Å². The topological polar surface area (TPSA) is 59.8 Å². The smallest absolute Gasteiger partial charge is 0.276 e. The van der Waals surface area contributed by atoms with Crippen LogP contribution in [0, 0.1) is 0 Å². The predicted molar refractivity (Wildman–Crippen MR) is 77.8 cm³/mol. The molecule has 2 heterocycles. The van der Waals surface area contributed by atoms with Gasteiger partial charge in [-0.2, -0.15) is 4.31 Å². The van der Waals surface area contributed by atoms with E-state index in [1.807, 2.05) is 24.3 Å². The fraction of sp³-hybridized carbons (Fsp3) is 0.286. The molecule has 0 bridgehead atoms. The van der Waals surface area contributed by atoms with Crippen molar-refractivity contribution in [3.8, 4) is 5.75 Å². The van der Waals surface area contributed by atoms with Crippen molar-refractivity contribution in [3.05, 3.63) is 47.7 Å². The third kappa shape index (κ3) is 2.79. The van der Waals surface area contributed by atoms with Crippen LogP contribution in [0.25, 0.3) is 0 Å². The maximum atomic E-state index is 12.6. The number of sulfonamides is 1. The van der Waals surface area contributed by atoms with Crippen LogP contribution in [0.1, 0.15) is 11.3 Å². The number of para-hydroxylation sites is 1. The first kappa shape index (κ1) is 14.4. The molecule has 1 aromatic carbocycles. The molecule has 0 saturated heterocycles. The molecule has 0 atom stereocenters. The van der Waals surface area contributed by atoms with Gasteiger partial charge < -0.3 is 9.15 Å². The zero-order valence-corrected chi connectivity index (χ0v) is 12.7. The van der Waals surface area contributed by atoms with Crippen LogP contribution in [0.15, 0.2) is 45.9 Å². The summed E-state index contributed by atoms with van der Waals surface area (Å²) in [5, 5.41) is -0.0856. The Bertz CT molecular complexity index is 741. The van der Waals surface area contributed by atoms with Gasteiger partial charge in [0.15, 0.2) is 0 Å². The van der Waals surface area contributed by atoms with E-state index in [-0.39, 0.29) is 24.1 Å². The Hall–Kier alpha value is -1.50. The first-order chi connectivity index (χ1) is 10.1. The van der Waals surface area contributed by atoms with Gasteiger partial charge in [-0.3, -0.25) is 0 Å². The summed E-state index contributed by atoms with van der Waals surface area (Å²) in [5.74, 6) is 1.29. The molecule has 0 aliphatic carbocycles. The van der Waals surface area contributed by atoms with Crippen LogP contribution in [0.2, 0.25) is 0 Å². The maximum Gasteiger partial charge on any atom is 0.276 e. The van der Waals surface area contributed by atoms with Gasteiger partial charge in [-0.05, 0) is 18.2 Å². The molecule has 0 N–H and O–H groups in total. The van der Waals surface area contributed by atoms with E-state index in [9.17, 15) is 8.42 Å². The molecule has 2 aromatic rings. The van der Waals surface area contributed by atoms with Crippen molar-refractivity contribution in [3.63, 3.8) is 0 Å². The predicted octanol–water partition coefficient (Wildman–Crippen LogP) is 2.60. The maximum absolute atomic E-state index is 12.6. The van der Waals surface area contributed by atoms with E-state index >= 15 is 0 Å². The Morgan fingerprint density at radius 3 is 2.76 bits per heavy atom. The standard InChI is InChI=1S/C14H14ClNO4S/c15-9-12-5-6-14(20-12)21(17,18)16-7-8-19-13-4-2-1-3-11(13)10-16/h1-6H,7-10H2. The molecule has 112 valence electrons. The summed E-state index contributed by atoms with van der Waals surface area (Å²) in [7, 11) is -3.69. The minimum Gasteiger partial charge on any atom is -0.492 e. The van der Waals surface area contributed by atoms with Gasteiger partial charge in [-0.15, -0.1) is 11.6 Å². The van der Waals surface area contributed by atoms with Crippen LogP contribution in [0.3, 0.4) is 0 Å². The Balaban J connectivity index is 1.92. The summed E-state index contributed by atoms with van der Waals surface area (Å²) < 4.78 is 37.4. The highest BCUT2D eigenvalue weighted by Gasteiger charge is 2.30. The molecule has 0 amide bonds. The van der Waals surface area contributed by atoms with Gasteiger partial charge >= 0.3 is 0 Å².